The van der Waals surface area contributed by atoms with E-state index in [1.807, 2.05) is 6.07 Å². The maximum atomic E-state index is 12.5. The van der Waals surface area contributed by atoms with Crippen LogP contribution in [0.2, 0.25) is 5.02 Å². The Morgan fingerprint density at radius 1 is 1.21 bits per heavy atom. The second-order valence-corrected chi connectivity index (χ2v) is 6.07. The molecule has 0 saturated heterocycles. The molecule has 8 heteroatoms. The van der Waals surface area contributed by atoms with Gasteiger partial charge in [0.2, 0.25) is 0 Å². The molecule has 1 N–H and O–H groups in total. The number of amides is 1. The maximum Gasteiger partial charge on any atom is 0.344 e. The fraction of sp³-hybridized carbons (Fsp3) is 0.190. The van der Waals surface area contributed by atoms with E-state index in [0.29, 0.717) is 27.8 Å². The molecule has 1 amide bonds. The van der Waals surface area contributed by atoms with E-state index in [1.54, 1.807) is 43.3 Å². The highest BCUT2D eigenvalue weighted by atomic mass is 35.5. The summed E-state index contributed by atoms with van der Waals surface area (Å²) < 4.78 is 15.3. The van der Waals surface area contributed by atoms with Gasteiger partial charge in [-0.2, -0.15) is 5.26 Å². The third-order valence-corrected chi connectivity index (χ3v) is 3.86. The molecule has 0 aliphatic carbocycles. The van der Waals surface area contributed by atoms with E-state index < -0.39 is 11.9 Å². The molecule has 0 aliphatic heterocycles. The van der Waals surface area contributed by atoms with Crippen molar-refractivity contribution in [3.63, 3.8) is 0 Å². The summed E-state index contributed by atoms with van der Waals surface area (Å²) >= 11 is 5.95. The van der Waals surface area contributed by atoms with Crippen molar-refractivity contribution in [3.8, 4) is 17.6 Å². The highest BCUT2D eigenvalue weighted by molar-refractivity contribution is 6.31. The lowest BCUT2D eigenvalue weighted by Gasteiger charge is -2.10. The molecule has 0 spiro atoms. The summed E-state index contributed by atoms with van der Waals surface area (Å²) in [6, 6.07) is 13.2. The Morgan fingerprint density at radius 3 is 2.55 bits per heavy atom. The van der Waals surface area contributed by atoms with Gasteiger partial charge in [-0.1, -0.05) is 23.7 Å². The van der Waals surface area contributed by atoms with Gasteiger partial charge in [0.15, 0.2) is 6.61 Å². The van der Waals surface area contributed by atoms with Crippen LogP contribution in [-0.2, 0) is 14.3 Å². The van der Waals surface area contributed by atoms with Crippen LogP contribution in [0.4, 0.5) is 5.69 Å². The quantitative estimate of drug-likeness (QED) is 0.400. The number of carbonyl (C=O) groups excluding carboxylic acids is 2. The van der Waals surface area contributed by atoms with Crippen molar-refractivity contribution in [2.45, 2.75) is 6.92 Å². The molecule has 0 aliphatic rings. The first-order valence-electron chi connectivity index (χ1n) is 8.62. The zero-order valence-electron chi connectivity index (χ0n) is 15.9. The fourth-order valence-electron chi connectivity index (χ4n) is 2.29. The molecule has 7 nitrogen and oxygen atoms in total. The minimum Gasteiger partial charge on any atom is -0.495 e. The van der Waals surface area contributed by atoms with Crippen molar-refractivity contribution in [2.75, 3.05) is 25.6 Å². The monoisotopic (exact) mass is 414 g/mol. The van der Waals surface area contributed by atoms with Crippen molar-refractivity contribution in [1.29, 1.82) is 5.26 Å². The van der Waals surface area contributed by atoms with Gasteiger partial charge in [0.25, 0.3) is 5.91 Å². The summed E-state index contributed by atoms with van der Waals surface area (Å²) in [5.41, 5.74) is 0.860. The SMILES string of the molecule is CCOC(=O)COc1ccc(/C=C(\C#N)C(=O)Nc2cc(Cl)ccc2OC)cc1. The number of hydrogen-bond donors (Lipinski definition) is 1. The lowest BCUT2D eigenvalue weighted by molar-refractivity contribution is -0.145. The van der Waals surface area contributed by atoms with Crippen LogP contribution < -0.4 is 14.8 Å². The Morgan fingerprint density at radius 2 is 1.93 bits per heavy atom. The third kappa shape index (κ3) is 6.55. The number of benzene rings is 2. The summed E-state index contributed by atoms with van der Waals surface area (Å²) in [6.45, 7) is 1.80. The maximum absolute atomic E-state index is 12.5. The van der Waals surface area contributed by atoms with E-state index in [2.05, 4.69) is 5.32 Å². The van der Waals surface area contributed by atoms with Gasteiger partial charge in [-0.15, -0.1) is 0 Å². The van der Waals surface area contributed by atoms with Gasteiger partial charge in [0.05, 0.1) is 19.4 Å². The molecule has 2 aromatic carbocycles. The number of anilines is 1. The molecular weight excluding hydrogens is 396 g/mol. The molecule has 150 valence electrons. The first kappa shape index (κ1) is 21.8. The first-order valence-corrected chi connectivity index (χ1v) is 8.99. The number of carbonyl (C=O) groups is 2. The van der Waals surface area contributed by atoms with E-state index >= 15 is 0 Å². The standard InChI is InChI=1S/C21H19ClN2O5/c1-3-28-20(25)13-29-17-7-4-14(5-8-17)10-15(12-23)21(26)24-18-11-16(22)6-9-19(18)27-2/h4-11H,3,13H2,1-2H3,(H,24,26)/b15-10+. The number of nitrogens with one attached hydrogen (secondary N) is 1. The molecule has 0 heterocycles. The van der Waals surface area contributed by atoms with Crippen molar-refractivity contribution in [1.82, 2.24) is 0 Å². The predicted octanol–water partition coefficient (Wildman–Crippen LogP) is 3.84. The summed E-state index contributed by atoms with van der Waals surface area (Å²) in [5, 5.41) is 12.4. The van der Waals surface area contributed by atoms with E-state index in [4.69, 9.17) is 25.8 Å². The number of nitrogens with zero attached hydrogens (tertiary/aromatic N) is 1. The lowest BCUT2D eigenvalue weighted by Crippen LogP contribution is -2.14. The normalized spacial score (nSPS) is 10.6. The van der Waals surface area contributed by atoms with Crippen molar-refractivity contribution in [2.24, 2.45) is 0 Å². The Labute approximate surface area is 173 Å². The third-order valence-electron chi connectivity index (χ3n) is 3.63. The van der Waals surface area contributed by atoms with Gasteiger partial charge in [-0.05, 0) is 48.9 Å². The Hall–Kier alpha value is -3.50. The smallest absolute Gasteiger partial charge is 0.344 e. The number of nitriles is 1. The highest BCUT2D eigenvalue weighted by Crippen LogP contribution is 2.28. The fourth-order valence-corrected chi connectivity index (χ4v) is 2.46. The number of esters is 1. The highest BCUT2D eigenvalue weighted by Gasteiger charge is 2.13. The Bertz CT molecular complexity index is 949. The number of rotatable bonds is 8. The van der Waals surface area contributed by atoms with Crippen LogP contribution in [0.1, 0.15) is 12.5 Å². The predicted molar refractivity (Wildman–Crippen MR) is 109 cm³/mol. The van der Waals surface area contributed by atoms with Crippen LogP contribution in [0, 0.1) is 11.3 Å². The summed E-state index contributed by atoms with van der Waals surface area (Å²) in [7, 11) is 1.46. The van der Waals surface area contributed by atoms with Gasteiger partial charge < -0.3 is 19.5 Å². The Balaban J connectivity index is 2.09. The van der Waals surface area contributed by atoms with Crippen molar-refractivity contribution >= 4 is 35.2 Å². The van der Waals surface area contributed by atoms with E-state index in [-0.39, 0.29) is 18.8 Å². The average Bonchev–Trinajstić information content (AvgIpc) is 2.71. The van der Waals surface area contributed by atoms with Crippen LogP contribution in [-0.4, -0.2) is 32.2 Å². The molecule has 2 aromatic rings. The number of halogens is 1. The zero-order valence-corrected chi connectivity index (χ0v) is 16.7. The van der Waals surface area contributed by atoms with Crippen LogP contribution in [0.3, 0.4) is 0 Å². The zero-order chi connectivity index (χ0) is 21.2. The van der Waals surface area contributed by atoms with Gasteiger partial charge in [-0.3, -0.25) is 4.79 Å². The number of methoxy groups -OCH3 is 1. The first-order chi connectivity index (χ1) is 14.0. The minimum atomic E-state index is -0.601. The largest absolute Gasteiger partial charge is 0.495 e. The van der Waals surface area contributed by atoms with E-state index in [0.717, 1.165) is 0 Å². The summed E-state index contributed by atoms with van der Waals surface area (Å²) in [6.07, 6.45) is 1.43. The molecule has 0 saturated carbocycles. The molecule has 0 bridgehead atoms. The molecule has 29 heavy (non-hydrogen) atoms. The molecule has 2 rings (SSSR count). The second kappa shape index (κ2) is 10.7. The molecule has 0 aromatic heterocycles. The van der Waals surface area contributed by atoms with Crippen LogP contribution >= 0.6 is 11.6 Å². The summed E-state index contributed by atoms with van der Waals surface area (Å²) in [5.74, 6) is -0.183. The molecule has 0 unspecified atom stereocenters. The van der Waals surface area contributed by atoms with Crippen LogP contribution in [0.5, 0.6) is 11.5 Å². The number of hydrogen-bond acceptors (Lipinski definition) is 6. The number of ether oxygens (including phenoxy) is 3. The molecule has 0 atom stereocenters. The van der Waals surface area contributed by atoms with Crippen molar-refractivity contribution in [3.05, 3.63) is 58.6 Å². The van der Waals surface area contributed by atoms with Crippen LogP contribution in [0.15, 0.2) is 48.0 Å². The minimum absolute atomic E-state index is 0.104. The van der Waals surface area contributed by atoms with Gasteiger partial charge in [0.1, 0.15) is 23.1 Å². The van der Waals surface area contributed by atoms with Crippen molar-refractivity contribution < 1.29 is 23.8 Å². The molecule has 0 fully saturated rings. The lowest BCUT2D eigenvalue weighted by atomic mass is 10.1. The van der Waals surface area contributed by atoms with Gasteiger partial charge in [-0.25, -0.2) is 4.79 Å². The van der Waals surface area contributed by atoms with Crippen LogP contribution in [0.25, 0.3) is 6.08 Å². The van der Waals surface area contributed by atoms with E-state index in [1.165, 1.54) is 19.3 Å². The van der Waals surface area contributed by atoms with Gasteiger partial charge in [0, 0.05) is 5.02 Å². The Kier molecular flexibility index (Phi) is 8.07. The molecular formula is C21H19ClN2O5. The van der Waals surface area contributed by atoms with Gasteiger partial charge >= 0.3 is 5.97 Å². The average molecular weight is 415 g/mol. The van der Waals surface area contributed by atoms with E-state index in [9.17, 15) is 14.9 Å². The molecule has 0 radical (unpaired) electrons. The topological polar surface area (TPSA) is 97.7 Å². The summed E-state index contributed by atoms with van der Waals surface area (Å²) in [4.78, 5) is 23.8. The second-order valence-electron chi connectivity index (χ2n) is 5.63.